The molecule has 3 N–H and O–H groups in total. The molecule has 1 aromatic rings. The van der Waals surface area contributed by atoms with E-state index in [0.717, 1.165) is 11.0 Å². The molecule has 2 rings (SSSR count). The number of hydrogen-bond acceptors (Lipinski definition) is 4. The molecule has 0 aromatic heterocycles. The van der Waals surface area contributed by atoms with E-state index < -0.39 is 29.2 Å². The molecule has 8 heteroatoms. The molecule has 0 saturated carbocycles. The maximum atomic E-state index is 13.2. The van der Waals surface area contributed by atoms with Gasteiger partial charge >= 0.3 is 0 Å². The fourth-order valence-electron chi connectivity index (χ4n) is 1.98. The zero-order valence-electron chi connectivity index (χ0n) is 10.3. The number of hydrazine groups is 1. The Balaban J connectivity index is 2.20. The molecule has 6 nitrogen and oxygen atoms in total. The van der Waals surface area contributed by atoms with Gasteiger partial charge in [-0.05, 0) is 12.5 Å². The van der Waals surface area contributed by atoms with Crippen molar-refractivity contribution in [3.63, 3.8) is 0 Å². The van der Waals surface area contributed by atoms with Crippen LogP contribution in [0.4, 0.5) is 14.5 Å². The minimum absolute atomic E-state index is 0.0204. The lowest BCUT2D eigenvalue weighted by molar-refractivity contribution is -0.121. The third-order valence-corrected chi connectivity index (χ3v) is 2.96. The van der Waals surface area contributed by atoms with Crippen molar-refractivity contribution < 1.29 is 23.2 Å². The number of carbonyl (C=O) groups excluding carboxylic acids is 3. The summed E-state index contributed by atoms with van der Waals surface area (Å²) >= 11 is 0. The lowest BCUT2D eigenvalue weighted by atomic mass is 10.1. The lowest BCUT2D eigenvalue weighted by Gasteiger charge is -2.16. The maximum Gasteiger partial charge on any atom is 0.299 e. The van der Waals surface area contributed by atoms with Crippen LogP contribution in [-0.4, -0.2) is 24.1 Å². The van der Waals surface area contributed by atoms with Crippen LogP contribution in [0.3, 0.4) is 0 Å². The van der Waals surface area contributed by atoms with Gasteiger partial charge in [0.2, 0.25) is 5.91 Å². The van der Waals surface area contributed by atoms with Gasteiger partial charge in [-0.15, -0.1) is 0 Å². The number of Topliss-reactive ketones (excluding diaryl/α,β-unsaturated/α-hetero) is 1. The summed E-state index contributed by atoms with van der Waals surface area (Å²) in [5, 5.41) is 0. The van der Waals surface area contributed by atoms with Crippen molar-refractivity contribution in [3.05, 3.63) is 29.3 Å². The highest BCUT2D eigenvalue weighted by Crippen LogP contribution is 2.31. The van der Waals surface area contributed by atoms with Gasteiger partial charge < -0.3 is 4.90 Å². The Labute approximate surface area is 112 Å². The number of halogens is 2. The summed E-state index contributed by atoms with van der Waals surface area (Å²) in [5.41, 5.74) is 1.78. The molecule has 20 heavy (non-hydrogen) atoms. The molecule has 2 amide bonds. The number of rotatable bonds is 4. The maximum absolute atomic E-state index is 13.2. The van der Waals surface area contributed by atoms with E-state index in [1.165, 1.54) is 0 Å². The van der Waals surface area contributed by atoms with Gasteiger partial charge in [0, 0.05) is 19.0 Å². The summed E-state index contributed by atoms with van der Waals surface area (Å²) < 4.78 is 26.3. The standard InChI is InChI=1S/C12H11F2N3O3/c13-7-4-6-9(5-8(7)14)17(12(20)11(6)19)3-1-2-10(18)16-15/h4-5H,1-3,15H2,(H,16,18). The van der Waals surface area contributed by atoms with Crippen LogP contribution < -0.4 is 16.2 Å². The molecule has 0 atom stereocenters. The average Bonchev–Trinajstić information content (AvgIpc) is 2.64. The van der Waals surface area contributed by atoms with Crippen molar-refractivity contribution in [3.8, 4) is 0 Å². The largest absolute Gasteiger partial charge is 0.305 e. The molecule has 1 heterocycles. The SMILES string of the molecule is NNC(=O)CCCN1C(=O)C(=O)c2cc(F)c(F)cc21. The van der Waals surface area contributed by atoms with Crippen molar-refractivity contribution in [2.45, 2.75) is 12.8 Å². The number of carbonyl (C=O) groups is 3. The van der Waals surface area contributed by atoms with Crippen LogP contribution in [0.1, 0.15) is 23.2 Å². The molecule has 0 saturated heterocycles. The van der Waals surface area contributed by atoms with Crippen LogP contribution in [0.15, 0.2) is 12.1 Å². The van der Waals surface area contributed by atoms with Gasteiger partial charge in [-0.2, -0.15) is 0 Å². The molecule has 106 valence electrons. The molecule has 0 unspecified atom stereocenters. The second-order valence-corrected chi connectivity index (χ2v) is 4.24. The van der Waals surface area contributed by atoms with Gasteiger partial charge in [-0.25, -0.2) is 14.6 Å². The van der Waals surface area contributed by atoms with Gasteiger partial charge in [-0.3, -0.25) is 19.8 Å². The fraction of sp³-hybridized carbons (Fsp3) is 0.250. The van der Waals surface area contributed by atoms with Crippen LogP contribution in [0.25, 0.3) is 0 Å². The fourth-order valence-corrected chi connectivity index (χ4v) is 1.98. The van der Waals surface area contributed by atoms with Crippen molar-refractivity contribution >= 4 is 23.3 Å². The zero-order chi connectivity index (χ0) is 14.9. The summed E-state index contributed by atoms with van der Waals surface area (Å²) in [4.78, 5) is 35.4. The van der Waals surface area contributed by atoms with Crippen LogP contribution in [0.2, 0.25) is 0 Å². The predicted octanol–water partition coefficient (Wildman–Crippen LogP) is 0.264. The van der Waals surface area contributed by atoms with Crippen LogP contribution in [0, 0.1) is 11.6 Å². The predicted molar refractivity (Wildman–Crippen MR) is 64.6 cm³/mol. The Morgan fingerprint density at radius 3 is 2.55 bits per heavy atom. The first kappa shape index (κ1) is 14.1. The Bertz CT molecular complexity index is 604. The van der Waals surface area contributed by atoms with E-state index in [-0.39, 0.29) is 30.6 Å². The molecule has 0 radical (unpaired) electrons. The average molecular weight is 283 g/mol. The minimum Gasteiger partial charge on any atom is -0.305 e. The number of anilines is 1. The number of hydrogen-bond donors (Lipinski definition) is 2. The zero-order valence-corrected chi connectivity index (χ0v) is 10.3. The molecule has 0 aliphatic carbocycles. The number of nitrogens with one attached hydrogen (secondary N) is 1. The highest BCUT2D eigenvalue weighted by Gasteiger charge is 2.36. The Kier molecular flexibility index (Phi) is 3.75. The van der Waals surface area contributed by atoms with Gasteiger partial charge in [0.15, 0.2) is 11.6 Å². The van der Waals surface area contributed by atoms with Gasteiger partial charge in [-0.1, -0.05) is 0 Å². The minimum atomic E-state index is -1.19. The molecule has 0 bridgehead atoms. The molecule has 1 aliphatic heterocycles. The Morgan fingerprint density at radius 2 is 1.90 bits per heavy atom. The third-order valence-electron chi connectivity index (χ3n) is 2.96. The van der Waals surface area contributed by atoms with E-state index in [1.54, 1.807) is 0 Å². The molecular weight excluding hydrogens is 272 g/mol. The highest BCUT2D eigenvalue weighted by atomic mass is 19.2. The summed E-state index contributed by atoms with van der Waals surface area (Å²) in [6.45, 7) is 0.0378. The van der Waals surface area contributed by atoms with Crippen LogP contribution in [0.5, 0.6) is 0 Å². The number of nitrogens with two attached hydrogens (primary N) is 1. The molecule has 1 aromatic carbocycles. The van der Waals surface area contributed by atoms with Gasteiger partial charge in [0.05, 0.1) is 11.3 Å². The van der Waals surface area contributed by atoms with Crippen molar-refractivity contribution in [1.82, 2.24) is 5.43 Å². The van der Waals surface area contributed by atoms with Crippen molar-refractivity contribution in [2.75, 3.05) is 11.4 Å². The number of amides is 2. The van der Waals surface area contributed by atoms with Crippen LogP contribution in [-0.2, 0) is 9.59 Å². The van der Waals surface area contributed by atoms with E-state index in [4.69, 9.17) is 5.84 Å². The highest BCUT2D eigenvalue weighted by molar-refractivity contribution is 6.52. The normalized spacial score (nSPS) is 13.7. The van der Waals surface area contributed by atoms with Crippen LogP contribution >= 0.6 is 0 Å². The summed E-state index contributed by atoms with van der Waals surface area (Å²) in [7, 11) is 0. The molecule has 0 spiro atoms. The topological polar surface area (TPSA) is 92.5 Å². The quantitative estimate of drug-likeness (QED) is 0.359. The van der Waals surface area contributed by atoms with E-state index in [9.17, 15) is 23.2 Å². The molecule has 1 aliphatic rings. The lowest BCUT2D eigenvalue weighted by Crippen LogP contribution is -2.33. The molecular formula is C12H11F2N3O3. The number of nitrogens with zero attached hydrogens (tertiary/aromatic N) is 1. The van der Waals surface area contributed by atoms with Crippen molar-refractivity contribution in [2.24, 2.45) is 5.84 Å². The number of ketones is 1. The van der Waals surface area contributed by atoms with Gasteiger partial charge in [0.25, 0.3) is 11.7 Å². The van der Waals surface area contributed by atoms with Crippen molar-refractivity contribution in [1.29, 1.82) is 0 Å². The van der Waals surface area contributed by atoms with E-state index in [2.05, 4.69) is 0 Å². The first-order valence-corrected chi connectivity index (χ1v) is 5.80. The first-order chi connectivity index (χ1) is 9.45. The third kappa shape index (κ3) is 2.37. The summed E-state index contributed by atoms with van der Waals surface area (Å²) in [6, 6.07) is 1.51. The molecule has 0 fully saturated rings. The monoisotopic (exact) mass is 283 g/mol. The number of fused-ring (bicyclic) bond motifs is 1. The van der Waals surface area contributed by atoms with E-state index in [0.29, 0.717) is 6.07 Å². The van der Waals surface area contributed by atoms with E-state index >= 15 is 0 Å². The second-order valence-electron chi connectivity index (χ2n) is 4.24. The summed E-state index contributed by atoms with van der Waals surface area (Å²) in [6.07, 6.45) is 0.286. The van der Waals surface area contributed by atoms with Gasteiger partial charge in [0.1, 0.15) is 0 Å². The number of benzene rings is 1. The Morgan fingerprint density at radius 1 is 1.25 bits per heavy atom. The second kappa shape index (κ2) is 5.33. The summed E-state index contributed by atoms with van der Waals surface area (Å²) in [5.74, 6) is 0.402. The smallest absolute Gasteiger partial charge is 0.299 e. The Hall–Kier alpha value is -2.35. The first-order valence-electron chi connectivity index (χ1n) is 5.80. The van der Waals surface area contributed by atoms with E-state index in [1.807, 2.05) is 5.43 Å².